The summed E-state index contributed by atoms with van der Waals surface area (Å²) >= 11 is 6.06. The van der Waals surface area contributed by atoms with E-state index in [0.717, 1.165) is 11.1 Å². The van der Waals surface area contributed by atoms with E-state index in [1.165, 1.54) is 12.1 Å². The molecular formula is C27H24ClFN4O3. The maximum absolute atomic E-state index is 13.1. The smallest absolute Gasteiger partial charge is 0.414 e. The Bertz CT molecular complexity index is 1420. The fraction of sp³-hybridized carbons (Fsp3) is 0.222. The number of cyclic esters (lactones) is 1. The average molecular weight is 507 g/mol. The lowest BCUT2D eigenvalue weighted by molar-refractivity contribution is 0.0944. The molecule has 1 N–H and O–H groups in total. The van der Waals surface area contributed by atoms with Gasteiger partial charge in [-0.3, -0.25) is 14.1 Å². The number of hydrogen-bond acceptors (Lipinski definition) is 4. The minimum atomic E-state index is -0.414. The van der Waals surface area contributed by atoms with Crippen LogP contribution in [0, 0.1) is 5.82 Å². The maximum Gasteiger partial charge on any atom is 0.414 e. The van der Waals surface area contributed by atoms with Gasteiger partial charge in [0, 0.05) is 35.9 Å². The molecule has 0 saturated carbocycles. The minimum absolute atomic E-state index is 0.225. The van der Waals surface area contributed by atoms with Gasteiger partial charge < -0.3 is 10.1 Å². The lowest BCUT2D eigenvalue weighted by atomic mass is 10.1. The van der Waals surface area contributed by atoms with Crippen molar-refractivity contribution >= 4 is 34.9 Å². The quantitative estimate of drug-likeness (QED) is 0.374. The fourth-order valence-corrected chi connectivity index (χ4v) is 4.49. The Morgan fingerprint density at radius 2 is 1.86 bits per heavy atom. The molecule has 0 spiro atoms. The number of nitrogens with one attached hydrogen (secondary N) is 1. The van der Waals surface area contributed by atoms with Gasteiger partial charge in [0.1, 0.15) is 23.3 Å². The van der Waals surface area contributed by atoms with Crippen LogP contribution < -0.4 is 10.2 Å². The summed E-state index contributed by atoms with van der Waals surface area (Å²) in [4.78, 5) is 31.5. The van der Waals surface area contributed by atoms with Crippen LogP contribution >= 0.6 is 11.6 Å². The number of hydrogen-bond donors (Lipinski definition) is 1. The van der Waals surface area contributed by atoms with E-state index in [-0.39, 0.29) is 17.8 Å². The van der Waals surface area contributed by atoms with E-state index in [1.807, 2.05) is 31.2 Å². The molecule has 9 heteroatoms. The number of anilines is 1. The van der Waals surface area contributed by atoms with E-state index in [2.05, 4.69) is 10.3 Å². The third-order valence-electron chi connectivity index (χ3n) is 6.16. The van der Waals surface area contributed by atoms with Gasteiger partial charge in [-0.25, -0.2) is 14.2 Å². The molecule has 2 aromatic heterocycles. The minimum Gasteiger partial charge on any atom is -0.444 e. The third-order valence-corrected chi connectivity index (χ3v) is 6.40. The number of pyridine rings is 1. The number of carbonyl (C=O) groups is 2. The Hall–Kier alpha value is -3.91. The number of benzene rings is 2. The number of fused-ring (bicyclic) bond motifs is 1. The molecule has 1 aliphatic heterocycles. The number of nitrogens with zero attached hydrogens (tertiary/aromatic N) is 3. The van der Waals surface area contributed by atoms with Gasteiger partial charge in [-0.2, -0.15) is 0 Å². The third kappa shape index (κ3) is 4.90. The van der Waals surface area contributed by atoms with E-state index in [1.54, 1.807) is 39.8 Å². The molecule has 1 aliphatic rings. The number of aromatic nitrogens is 2. The first-order valence-electron chi connectivity index (χ1n) is 11.7. The lowest BCUT2D eigenvalue weighted by Gasteiger charge is -2.14. The first-order valence-corrected chi connectivity index (χ1v) is 12.0. The summed E-state index contributed by atoms with van der Waals surface area (Å²) in [6.45, 7) is 2.68. The normalized spacial score (nSPS) is 15.4. The van der Waals surface area contributed by atoms with Gasteiger partial charge >= 0.3 is 6.09 Å². The van der Waals surface area contributed by atoms with Crippen LogP contribution in [0.15, 0.2) is 66.9 Å². The zero-order chi connectivity index (χ0) is 25.2. The van der Waals surface area contributed by atoms with Crippen LogP contribution in [0.3, 0.4) is 0 Å². The van der Waals surface area contributed by atoms with Crippen molar-refractivity contribution in [3.63, 3.8) is 0 Å². The number of aryl methyl sites for hydroxylation is 1. The zero-order valence-electron chi connectivity index (χ0n) is 19.6. The highest BCUT2D eigenvalue weighted by Crippen LogP contribution is 2.24. The second-order valence-electron chi connectivity index (χ2n) is 8.63. The predicted octanol–water partition coefficient (Wildman–Crippen LogP) is 5.19. The summed E-state index contributed by atoms with van der Waals surface area (Å²) in [5, 5.41) is 3.52. The molecule has 1 fully saturated rings. The van der Waals surface area contributed by atoms with E-state index < -0.39 is 6.09 Å². The van der Waals surface area contributed by atoms with Crippen LogP contribution in [0.4, 0.5) is 14.9 Å². The van der Waals surface area contributed by atoms with Crippen LogP contribution in [-0.2, 0) is 24.1 Å². The van der Waals surface area contributed by atoms with E-state index in [0.29, 0.717) is 53.7 Å². The topological polar surface area (TPSA) is 75.9 Å². The summed E-state index contributed by atoms with van der Waals surface area (Å²) < 4.78 is 20.4. The highest BCUT2D eigenvalue weighted by atomic mass is 35.5. The lowest BCUT2D eigenvalue weighted by Crippen LogP contribution is -2.26. The average Bonchev–Trinajstić information content (AvgIpc) is 3.43. The summed E-state index contributed by atoms with van der Waals surface area (Å²) in [5.74, 6) is -0.521. The Labute approximate surface area is 212 Å². The molecule has 0 bridgehead atoms. The molecule has 7 nitrogen and oxygen atoms in total. The molecule has 0 radical (unpaired) electrons. The monoisotopic (exact) mass is 506 g/mol. The molecule has 2 aromatic carbocycles. The second-order valence-corrected chi connectivity index (χ2v) is 9.07. The molecule has 1 unspecified atom stereocenters. The van der Waals surface area contributed by atoms with Gasteiger partial charge in [0.05, 0.1) is 12.2 Å². The van der Waals surface area contributed by atoms with Crippen LogP contribution in [0.1, 0.15) is 34.2 Å². The van der Waals surface area contributed by atoms with Crippen molar-refractivity contribution < 1.29 is 18.7 Å². The van der Waals surface area contributed by atoms with Crippen molar-refractivity contribution in [3.05, 3.63) is 100 Å². The second kappa shape index (κ2) is 9.99. The molecular weight excluding hydrogens is 483 g/mol. The molecule has 1 atom stereocenters. The number of halogens is 2. The first-order chi connectivity index (χ1) is 17.4. The Kier molecular flexibility index (Phi) is 6.61. The summed E-state index contributed by atoms with van der Waals surface area (Å²) in [5.41, 5.74) is 4.33. The van der Waals surface area contributed by atoms with Crippen molar-refractivity contribution in [1.29, 1.82) is 0 Å². The molecule has 1 saturated heterocycles. The number of ether oxygens (including phenoxy) is 1. The van der Waals surface area contributed by atoms with Crippen LogP contribution in [0.25, 0.3) is 5.65 Å². The van der Waals surface area contributed by atoms with Gasteiger partial charge in [0.15, 0.2) is 0 Å². The number of rotatable bonds is 7. The van der Waals surface area contributed by atoms with E-state index in [4.69, 9.17) is 16.3 Å². The van der Waals surface area contributed by atoms with Gasteiger partial charge in [-0.1, -0.05) is 42.8 Å². The summed E-state index contributed by atoms with van der Waals surface area (Å²) in [7, 11) is 0. The van der Waals surface area contributed by atoms with Crippen LogP contribution in [0.2, 0.25) is 5.02 Å². The molecule has 2 amide bonds. The largest absolute Gasteiger partial charge is 0.444 e. The zero-order valence-corrected chi connectivity index (χ0v) is 20.3. The highest BCUT2D eigenvalue weighted by Gasteiger charge is 2.32. The SMILES string of the molecule is CCc1nc2cc(Cl)ccn2c1C(=O)NCc1ccc(N2CC(Cc3ccc(F)cc3)OC2=O)cc1. The Morgan fingerprint density at radius 3 is 2.58 bits per heavy atom. The Balaban J connectivity index is 1.22. The summed E-state index contributed by atoms with van der Waals surface area (Å²) in [6.07, 6.45) is 2.15. The number of imidazole rings is 1. The molecule has 36 heavy (non-hydrogen) atoms. The van der Waals surface area contributed by atoms with Crippen LogP contribution in [-0.4, -0.2) is 34.0 Å². The van der Waals surface area contributed by atoms with Crippen LogP contribution in [0.5, 0.6) is 0 Å². The van der Waals surface area contributed by atoms with Gasteiger partial charge in [-0.15, -0.1) is 0 Å². The maximum atomic E-state index is 13.1. The fourth-order valence-electron chi connectivity index (χ4n) is 4.34. The van der Waals surface area contributed by atoms with Gasteiger partial charge in [0.2, 0.25) is 0 Å². The van der Waals surface area contributed by atoms with Crippen molar-refractivity contribution in [3.8, 4) is 0 Å². The first kappa shape index (κ1) is 23.8. The predicted molar refractivity (Wildman–Crippen MR) is 135 cm³/mol. The van der Waals surface area contributed by atoms with Crippen molar-refractivity contribution in [1.82, 2.24) is 14.7 Å². The molecule has 5 rings (SSSR count). The van der Waals surface area contributed by atoms with Crippen molar-refractivity contribution in [2.75, 3.05) is 11.4 Å². The van der Waals surface area contributed by atoms with Gasteiger partial charge in [0.25, 0.3) is 5.91 Å². The number of carbonyl (C=O) groups excluding carboxylic acids is 2. The molecule has 0 aliphatic carbocycles. The molecule has 3 heterocycles. The highest BCUT2D eigenvalue weighted by molar-refractivity contribution is 6.30. The summed E-state index contributed by atoms with van der Waals surface area (Å²) in [6, 6.07) is 17.0. The number of amides is 2. The Morgan fingerprint density at radius 1 is 1.14 bits per heavy atom. The molecule has 4 aromatic rings. The van der Waals surface area contributed by atoms with Crippen molar-refractivity contribution in [2.45, 2.75) is 32.4 Å². The van der Waals surface area contributed by atoms with E-state index in [9.17, 15) is 14.0 Å². The van der Waals surface area contributed by atoms with E-state index >= 15 is 0 Å². The van der Waals surface area contributed by atoms with Crippen molar-refractivity contribution in [2.24, 2.45) is 0 Å². The molecule has 184 valence electrons. The standard InChI is InChI=1S/C27H24ClFN4O3/c1-2-23-25(32-12-11-19(28)14-24(32)31-23)26(34)30-15-18-5-9-21(10-6-18)33-16-22(36-27(33)35)13-17-3-7-20(29)8-4-17/h3-12,14,22H,2,13,15-16H2,1H3,(H,30,34). The van der Waals surface area contributed by atoms with Gasteiger partial charge in [-0.05, 0) is 47.9 Å².